The van der Waals surface area contributed by atoms with Crippen LogP contribution in [0.5, 0.6) is 11.5 Å². The molecule has 2 aliphatic heterocycles. The number of benzene rings is 3. The molecule has 0 spiro atoms. The number of ketones is 1. The second-order valence-electron chi connectivity index (χ2n) is 9.58. The van der Waals surface area contributed by atoms with Gasteiger partial charge in [-0.25, -0.2) is 0 Å². The predicted octanol–water partition coefficient (Wildman–Crippen LogP) is 5.79. The molecule has 0 unspecified atom stereocenters. The minimum Gasteiger partial charge on any atom is -0.486 e. The van der Waals surface area contributed by atoms with Gasteiger partial charge in [-0.1, -0.05) is 36.3 Å². The molecule has 0 bridgehead atoms. The van der Waals surface area contributed by atoms with E-state index in [2.05, 4.69) is 28.4 Å². The number of fused-ring (bicyclic) bond motifs is 3. The Morgan fingerprint density at radius 3 is 2.57 bits per heavy atom. The van der Waals surface area contributed by atoms with Crippen LogP contribution in [0.15, 0.2) is 53.1 Å². The van der Waals surface area contributed by atoms with Crippen LogP contribution in [-0.2, 0) is 0 Å². The molecule has 0 amide bonds. The maximum atomic E-state index is 13.8. The van der Waals surface area contributed by atoms with Gasteiger partial charge in [0.2, 0.25) is 0 Å². The number of carbonyl (C=O) groups is 1. The zero-order chi connectivity index (χ0) is 23.5. The van der Waals surface area contributed by atoms with E-state index in [1.165, 1.54) is 0 Å². The van der Waals surface area contributed by atoms with Crippen molar-refractivity contribution >= 4 is 33.7 Å². The van der Waals surface area contributed by atoms with E-state index >= 15 is 0 Å². The van der Waals surface area contributed by atoms with Crippen LogP contribution < -0.4 is 19.7 Å². The van der Waals surface area contributed by atoms with E-state index < -0.39 is 0 Å². The Bertz CT molecular complexity index is 1480. The topological polar surface area (TPSA) is 76.8 Å². The van der Waals surface area contributed by atoms with Crippen molar-refractivity contribution in [2.75, 3.05) is 36.5 Å². The van der Waals surface area contributed by atoms with Crippen molar-refractivity contribution in [3.8, 4) is 22.8 Å². The molecule has 176 valence electrons. The fraction of sp³-hybridized carbons (Fsp3) is 0.286. The molecule has 0 saturated carbocycles. The van der Waals surface area contributed by atoms with Gasteiger partial charge in [0.1, 0.15) is 18.7 Å². The summed E-state index contributed by atoms with van der Waals surface area (Å²) in [5.74, 6) is 2.76. The van der Waals surface area contributed by atoms with Crippen molar-refractivity contribution in [2.24, 2.45) is 5.92 Å². The quantitative estimate of drug-likeness (QED) is 0.360. The van der Waals surface area contributed by atoms with Crippen molar-refractivity contribution in [1.82, 2.24) is 5.16 Å². The number of nitrogens with one attached hydrogen (secondary N) is 1. The van der Waals surface area contributed by atoms with E-state index in [0.717, 1.165) is 65.2 Å². The number of hydrogen-bond acceptors (Lipinski definition) is 7. The first-order chi connectivity index (χ1) is 17.2. The maximum absolute atomic E-state index is 13.8. The lowest BCUT2D eigenvalue weighted by molar-refractivity contribution is 0.104. The molecule has 3 heterocycles. The van der Waals surface area contributed by atoms with Crippen LogP contribution in [-0.4, -0.2) is 37.2 Å². The Hall–Kier alpha value is -4.00. The first kappa shape index (κ1) is 20.4. The summed E-state index contributed by atoms with van der Waals surface area (Å²) in [5, 5.41) is 8.79. The average molecular weight is 468 g/mol. The second-order valence-corrected chi connectivity index (χ2v) is 9.58. The lowest BCUT2D eigenvalue weighted by atomic mass is 9.86. The Morgan fingerprint density at radius 1 is 0.971 bits per heavy atom. The van der Waals surface area contributed by atoms with Gasteiger partial charge in [-0.15, -0.1) is 0 Å². The molecule has 7 rings (SSSR count). The third-order valence-electron chi connectivity index (χ3n) is 7.32. The van der Waals surface area contributed by atoms with Gasteiger partial charge < -0.3 is 24.2 Å². The summed E-state index contributed by atoms with van der Waals surface area (Å²) in [5.41, 5.74) is 5.33. The largest absolute Gasteiger partial charge is 0.486 e. The lowest BCUT2D eigenvalue weighted by Crippen LogP contribution is -2.33. The smallest absolute Gasteiger partial charge is 0.196 e. The fourth-order valence-electron chi connectivity index (χ4n) is 5.41. The highest BCUT2D eigenvalue weighted by molar-refractivity contribution is 6.28. The number of nitrogens with zero attached hydrogens (tertiary/aromatic N) is 2. The molecule has 1 aromatic heterocycles. The Kier molecular flexibility index (Phi) is 4.52. The van der Waals surface area contributed by atoms with E-state index in [1.54, 1.807) is 0 Å². The lowest BCUT2D eigenvalue weighted by Gasteiger charge is -2.33. The summed E-state index contributed by atoms with van der Waals surface area (Å²) < 4.78 is 17.4. The standard InChI is InChI=1S/C28H25N3O4/c1-16-8-10-31(11-9-16)21-15-20(29-17-6-7-22-23(14-17)34-13-12-33-22)24-25-26(21)30-35-28(25)19-5-3-2-4-18(19)27(24)32/h2-7,14-16,29H,8-13H2,1H3. The van der Waals surface area contributed by atoms with Crippen molar-refractivity contribution in [1.29, 1.82) is 0 Å². The van der Waals surface area contributed by atoms with E-state index in [9.17, 15) is 4.79 Å². The number of anilines is 3. The molecule has 4 aromatic rings. The summed E-state index contributed by atoms with van der Waals surface area (Å²) in [4.78, 5) is 16.2. The van der Waals surface area contributed by atoms with Gasteiger partial charge >= 0.3 is 0 Å². The molecular formula is C28H25N3O4. The Morgan fingerprint density at radius 2 is 1.74 bits per heavy atom. The first-order valence-electron chi connectivity index (χ1n) is 12.2. The highest BCUT2D eigenvalue weighted by Crippen LogP contribution is 2.47. The summed E-state index contributed by atoms with van der Waals surface area (Å²) in [6.45, 7) is 5.26. The Labute approximate surface area is 202 Å². The minimum atomic E-state index is -0.0276. The molecule has 1 fully saturated rings. The molecule has 1 N–H and O–H groups in total. The number of aromatic nitrogens is 1. The molecule has 0 radical (unpaired) electrons. The first-order valence-corrected chi connectivity index (χ1v) is 12.2. The van der Waals surface area contributed by atoms with Crippen LogP contribution in [0.3, 0.4) is 0 Å². The summed E-state index contributed by atoms with van der Waals surface area (Å²) in [6, 6.07) is 15.4. The van der Waals surface area contributed by atoms with Gasteiger partial charge in [0.15, 0.2) is 23.0 Å². The molecule has 3 aliphatic rings. The molecule has 0 atom stereocenters. The number of piperidine rings is 1. The zero-order valence-electron chi connectivity index (χ0n) is 19.5. The van der Waals surface area contributed by atoms with Crippen molar-refractivity contribution < 1.29 is 18.8 Å². The zero-order valence-corrected chi connectivity index (χ0v) is 19.5. The summed E-state index contributed by atoms with van der Waals surface area (Å²) >= 11 is 0. The van der Waals surface area contributed by atoms with Crippen LogP contribution >= 0.6 is 0 Å². The monoisotopic (exact) mass is 467 g/mol. The van der Waals surface area contributed by atoms with Crippen LogP contribution in [0.2, 0.25) is 0 Å². The fourth-order valence-corrected chi connectivity index (χ4v) is 5.41. The second kappa shape index (κ2) is 7.77. The molecule has 7 nitrogen and oxygen atoms in total. The highest BCUT2D eigenvalue weighted by atomic mass is 16.6. The highest BCUT2D eigenvalue weighted by Gasteiger charge is 2.34. The van der Waals surface area contributed by atoms with Gasteiger partial charge in [-0.05, 0) is 37.0 Å². The molecule has 3 aromatic carbocycles. The SMILES string of the molecule is CC1CCN(c2cc(Nc3ccc4c(c3)OCCO4)c3c4c(onc24)-c2ccccc2C3=O)CC1. The average Bonchev–Trinajstić information content (AvgIpc) is 3.33. The molecule has 1 saturated heterocycles. The summed E-state index contributed by atoms with van der Waals surface area (Å²) in [6.07, 6.45) is 2.25. The van der Waals surface area contributed by atoms with E-state index in [4.69, 9.17) is 14.0 Å². The summed E-state index contributed by atoms with van der Waals surface area (Å²) in [7, 11) is 0. The normalized spacial score (nSPS) is 16.9. The third kappa shape index (κ3) is 3.18. The van der Waals surface area contributed by atoms with Gasteiger partial charge in [-0.3, -0.25) is 4.79 Å². The van der Waals surface area contributed by atoms with Gasteiger partial charge in [0.25, 0.3) is 0 Å². The molecule has 1 aliphatic carbocycles. The van der Waals surface area contributed by atoms with Crippen molar-refractivity contribution in [3.05, 3.63) is 59.7 Å². The minimum absolute atomic E-state index is 0.0276. The van der Waals surface area contributed by atoms with Gasteiger partial charge in [0, 0.05) is 36.0 Å². The van der Waals surface area contributed by atoms with Crippen LogP contribution in [0, 0.1) is 5.92 Å². The van der Waals surface area contributed by atoms with Crippen LogP contribution in [0.25, 0.3) is 22.2 Å². The number of rotatable bonds is 3. The van der Waals surface area contributed by atoms with Crippen molar-refractivity contribution in [3.63, 3.8) is 0 Å². The number of ether oxygens (including phenoxy) is 2. The Balaban J connectivity index is 1.42. The third-order valence-corrected chi connectivity index (χ3v) is 7.32. The van der Waals surface area contributed by atoms with E-state index in [1.807, 2.05) is 42.5 Å². The number of hydrogen-bond donors (Lipinski definition) is 1. The molecule has 7 heteroatoms. The van der Waals surface area contributed by atoms with Crippen molar-refractivity contribution in [2.45, 2.75) is 19.8 Å². The van der Waals surface area contributed by atoms with Gasteiger partial charge in [-0.2, -0.15) is 0 Å². The molecule has 35 heavy (non-hydrogen) atoms. The number of carbonyl (C=O) groups excluding carboxylic acids is 1. The van der Waals surface area contributed by atoms with E-state index in [-0.39, 0.29) is 5.78 Å². The molecular weight excluding hydrogens is 442 g/mol. The predicted molar refractivity (Wildman–Crippen MR) is 134 cm³/mol. The van der Waals surface area contributed by atoms with E-state index in [0.29, 0.717) is 41.8 Å². The van der Waals surface area contributed by atoms with Crippen LogP contribution in [0.1, 0.15) is 35.7 Å². The van der Waals surface area contributed by atoms with Crippen LogP contribution in [0.4, 0.5) is 17.1 Å². The van der Waals surface area contributed by atoms with Gasteiger partial charge in [0.05, 0.1) is 22.3 Å². The maximum Gasteiger partial charge on any atom is 0.196 e.